The van der Waals surface area contributed by atoms with Crippen LogP contribution in [0.2, 0.25) is 0 Å². The fraction of sp³-hybridized carbons (Fsp3) is 0.857. The number of carbonyl (C=O) groups excluding carboxylic acids is 1. The van der Waals surface area contributed by atoms with Crippen molar-refractivity contribution >= 4 is 12.0 Å². The second kappa shape index (κ2) is 5.02. The van der Waals surface area contributed by atoms with Gasteiger partial charge in [0.2, 0.25) is 0 Å². The fourth-order valence-corrected chi connectivity index (χ4v) is 2.74. The van der Waals surface area contributed by atoms with Gasteiger partial charge in [-0.25, -0.2) is 9.59 Å². The minimum Gasteiger partial charge on any atom is -0.480 e. The van der Waals surface area contributed by atoms with Crippen molar-refractivity contribution in [2.24, 2.45) is 22.7 Å². The van der Waals surface area contributed by atoms with Gasteiger partial charge in [-0.05, 0) is 22.7 Å². The molecule has 5 nitrogen and oxygen atoms in total. The van der Waals surface area contributed by atoms with Crippen molar-refractivity contribution in [2.45, 2.75) is 47.6 Å². The van der Waals surface area contributed by atoms with E-state index < -0.39 is 18.0 Å². The molecule has 1 saturated carbocycles. The Labute approximate surface area is 115 Å². The third-order valence-electron chi connectivity index (χ3n) is 5.01. The number of nitrogens with one attached hydrogen (secondary N) is 2. The van der Waals surface area contributed by atoms with Crippen LogP contribution in [-0.4, -0.2) is 29.7 Å². The highest BCUT2D eigenvalue weighted by molar-refractivity contribution is 5.82. The van der Waals surface area contributed by atoms with Crippen molar-refractivity contribution in [3.63, 3.8) is 0 Å². The Hall–Kier alpha value is -1.26. The summed E-state index contributed by atoms with van der Waals surface area (Å²) in [5.41, 5.74) is 0.426. The zero-order chi connectivity index (χ0) is 15.0. The summed E-state index contributed by atoms with van der Waals surface area (Å²) < 4.78 is 0. The van der Waals surface area contributed by atoms with Crippen LogP contribution in [0.25, 0.3) is 0 Å². The van der Waals surface area contributed by atoms with Gasteiger partial charge >= 0.3 is 12.0 Å². The monoisotopic (exact) mass is 270 g/mol. The van der Waals surface area contributed by atoms with Crippen LogP contribution >= 0.6 is 0 Å². The first-order valence-electron chi connectivity index (χ1n) is 6.79. The molecule has 5 heteroatoms. The molecule has 0 radical (unpaired) electrons. The van der Waals surface area contributed by atoms with Crippen LogP contribution in [0.3, 0.4) is 0 Å². The van der Waals surface area contributed by atoms with E-state index in [0.717, 1.165) is 0 Å². The minimum atomic E-state index is -1.00. The number of carbonyl (C=O) groups is 2. The fourth-order valence-electron chi connectivity index (χ4n) is 2.74. The molecule has 1 aliphatic rings. The highest BCUT2D eigenvalue weighted by Crippen LogP contribution is 2.67. The summed E-state index contributed by atoms with van der Waals surface area (Å²) in [7, 11) is 0. The number of carboxylic acid groups (broad SMARTS) is 1. The van der Waals surface area contributed by atoms with Gasteiger partial charge in [-0.15, -0.1) is 0 Å². The van der Waals surface area contributed by atoms with Gasteiger partial charge < -0.3 is 15.7 Å². The Morgan fingerprint density at radius 3 is 1.95 bits per heavy atom. The number of carboxylic acids is 1. The lowest BCUT2D eigenvalue weighted by atomic mass is 10.0. The first-order valence-corrected chi connectivity index (χ1v) is 6.79. The molecule has 0 aromatic rings. The van der Waals surface area contributed by atoms with Gasteiger partial charge in [-0.1, -0.05) is 41.5 Å². The predicted octanol–water partition coefficient (Wildman–Crippen LogP) is 2.08. The van der Waals surface area contributed by atoms with E-state index in [0.29, 0.717) is 12.5 Å². The lowest BCUT2D eigenvalue weighted by molar-refractivity contribution is -0.140. The maximum absolute atomic E-state index is 11.7. The van der Waals surface area contributed by atoms with Crippen LogP contribution in [0.4, 0.5) is 4.79 Å². The molecule has 1 rings (SSSR count). The summed E-state index contributed by atoms with van der Waals surface area (Å²) in [5, 5.41) is 14.3. The lowest BCUT2D eigenvalue weighted by Gasteiger charge is -2.18. The second-order valence-corrected chi connectivity index (χ2v) is 6.91. The highest BCUT2D eigenvalue weighted by atomic mass is 16.4. The molecular formula is C14H26N2O3. The molecule has 0 aromatic carbocycles. The second-order valence-electron chi connectivity index (χ2n) is 6.91. The normalized spacial score (nSPS) is 21.8. The SMILES string of the molecule is CC(C)C(NC(=O)NCC1C(C)(C)C1(C)C)C(=O)O. The van der Waals surface area contributed by atoms with Crippen LogP contribution in [0.15, 0.2) is 0 Å². The molecule has 1 fully saturated rings. The van der Waals surface area contributed by atoms with E-state index in [2.05, 4.69) is 38.3 Å². The molecule has 0 spiro atoms. The van der Waals surface area contributed by atoms with E-state index in [1.807, 2.05) is 0 Å². The van der Waals surface area contributed by atoms with E-state index in [-0.39, 0.29) is 16.7 Å². The molecule has 110 valence electrons. The van der Waals surface area contributed by atoms with Crippen LogP contribution in [0.5, 0.6) is 0 Å². The third-order valence-corrected chi connectivity index (χ3v) is 5.01. The average Bonchev–Trinajstić information content (AvgIpc) is 2.62. The molecule has 0 aromatic heterocycles. The Bertz CT molecular complexity index is 361. The summed E-state index contributed by atoms with van der Waals surface area (Å²) in [4.78, 5) is 22.7. The van der Waals surface area contributed by atoms with Crippen molar-refractivity contribution in [2.75, 3.05) is 6.54 Å². The molecule has 1 aliphatic carbocycles. The van der Waals surface area contributed by atoms with Crippen LogP contribution in [0, 0.1) is 22.7 Å². The van der Waals surface area contributed by atoms with E-state index in [1.54, 1.807) is 13.8 Å². The van der Waals surface area contributed by atoms with Crippen molar-refractivity contribution in [3.05, 3.63) is 0 Å². The summed E-state index contributed by atoms with van der Waals surface area (Å²) in [5.74, 6) is -0.720. The Morgan fingerprint density at radius 2 is 1.63 bits per heavy atom. The first kappa shape index (κ1) is 15.8. The van der Waals surface area contributed by atoms with Gasteiger partial charge in [-0.2, -0.15) is 0 Å². The molecule has 0 bridgehead atoms. The number of hydrogen-bond donors (Lipinski definition) is 3. The molecule has 0 saturated heterocycles. The van der Waals surface area contributed by atoms with Crippen LogP contribution in [0.1, 0.15) is 41.5 Å². The largest absolute Gasteiger partial charge is 0.480 e. The van der Waals surface area contributed by atoms with Crippen molar-refractivity contribution in [1.29, 1.82) is 0 Å². The van der Waals surface area contributed by atoms with Gasteiger partial charge in [-0.3, -0.25) is 0 Å². The maximum atomic E-state index is 11.7. The molecule has 0 heterocycles. The maximum Gasteiger partial charge on any atom is 0.326 e. The average molecular weight is 270 g/mol. The van der Waals surface area contributed by atoms with Crippen molar-refractivity contribution in [1.82, 2.24) is 10.6 Å². The highest BCUT2D eigenvalue weighted by Gasteiger charge is 2.64. The van der Waals surface area contributed by atoms with Crippen LogP contribution in [-0.2, 0) is 4.79 Å². The molecule has 1 unspecified atom stereocenters. The predicted molar refractivity (Wildman–Crippen MR) is 73.8 cm³/mol. The van der Waals surface area contributed by atoms with Crippen molar-refractivity contribution in [3.8, 4) is 0 Å². The molecule has 0 aliphatic heterocycles. The summed E-state index contributed by atoms with van der Waals surface area (Å²) in [6.45, 7) is 12.9. The van der Waals surface area contributed by atoms with Gasteiger partial charge in [0.05, 0.1) is 0 Å². The number of rotatable bonds is 5. The molecule has 19 heavy (non-hydrogen) atoms. The Morgan fingerprint density at radius 1 is 1.16 bits per heavy atom. The quantitative estimate of drug-likeness (QED) is 0.715. The van der Waals surface area contributed by atoms with E-state index in [1.165, 1.54) is 0 Å². The summed E-state index contributed by atoms with van der Waals surface area (Å²) in [6.07, 6.45) is 0. The van der Waals surface area contributed by atoms with E-state index >= 15 is 0 Å². The van der Waals surface area contributed by atoms with E-state index in [4.69, 9.17) is 5.11 Å². The number of amides is 2. The van der Waals surface area contributed by atoms with Gasteiger partial charge in [0, 0.05) is 6.54 Å². The standard InChI is InChI=1S/C14H26N2O3/c1-8(2)10(11(17)18)16-12(19)15-7-9-13(3,4)14(9,5)6/h8-10H,7H2,1-6H3,(H,17,18)(H2,15,16,19). The molecule has 2 amide bonds. The number of aliphatic carboxylic acids is 1. The molecule has 1 atom stereocenters. The third kappa shape index (κ3) is 3.01. The minimum absolute atomic E-state index is 0.142. The molecule has 3 N–H and O–H groups in total. The summed E-state index contributed by atoms with van der Waals surface area (Å²) >= 11 is 0. The van der Waals surface area contributed by atoms with E-state index in [9.17, 15) is 9.59 Å². The lowest BCUT2D eigenvalue weighted by Crippen LogP contribution is -2.49. The van der Waals surface area contributed by atoms with Gasteiger partial charge in [0.25, 0.3) is 0 Å². The topological polar surface area (TPSA) is 78.4 Å². The Balaban J connectivity index is 2.43. The zero-order valence-electron chi connectivity index (χ0n) is 12.7. The first-order chi connectivity index (χ1) is 8.51. The summed E-state index contributed by atoms with van der Waals surface area (Å²) in [6, 6.07) is -1.25. The smallest absolute Gasteiger partial charge is 0.326 e. The van der Waals surface area contributed by atoms with Gasteiger partial charge in [0.1, 0.15) is 6.04 Å². The zero-order valence-corrected chi connectivity index (χ0v) is 12.7. The number of hydrogen-bond acceptors (Lipinski definition) is 2. The number of urea groups is 1. The molecular weight excluding hydrogens is 244 g/mol. The van der Waals surface area contributed by atoms with Gasteiger partial charge in [0.15, 0.2) is 0 Å². The van der Waals surface area contributed by atoms with Crippen LogP contribution < -0.4 is 10.6 Å². The van der Waals surface area contributed by atoms with Crippen molar-refractivity contribution < 1.29 is 14.7 Å². The Kier molecular flexibility index (Phi) is 4.17.